The van der Waals surface area contributed by atoms with E-state index >= 15 is 0 Å². The lowest BCUT2D eigenvalue weighted by Crippen LogP contribution is -1.77. The molecule has 0 saturated carbocycles. The van der Waals surface area contributed by atoms with E-state index in [0.29, 0.717) is 0 Å². The molecule has 2 nitrogen and oxygen atoms in total. The molecule has 0 amide bonds. The predicted octanol–water partition coefficient (Wildman–Crippen LogP) is 2.99. The minimum absolute atomic E-state index is 1.00. The molecule has 0 aliphatic carbocycles. The summed E-state index contributed by atoms with van der Waals surface area (Å²) in [5, 5.41) is 4.11. The molecule has 0 unspecified atom stereocenters. The first-order valence-electron chi connectivity index (χ1n) is 4.62. The highest BCUT2D eigenvalue weighted by Gasteiger charge is 2.22. The Balaban J connectivity index is 2.13. The molecule has 0 saturated heterocycles. The molecule has 0 spiro atoms. The minimum atomic E-state index is 1.00. The number of benzene rings is 1. The maximum atomic E-state index is 5.29. The summed E-state index contributed by atoms with van der Waals surface area (Å²) >= 11 is 1.84. The number of thioether (sulfide) groups is 1. The van der Waals surface area contributed by atoms with Gasteiger partial charge in [-0.2, -0.15) is 0 Å². The zero-order chi connectivity index (χ0) is 9.38. The number of rotatable bonds is 1. The zero-order valence-corrected chi connectivity index (χ0v) is 8.38. The third-order valence-corrected chi connectivity index (χ3v) is 3.46. The molecule has 14 heavy (non-hydrogen) atoms. The van der Waals surface area contributed by atoms with E-state index in [1.165, 1.54) is 4.90 Å². The van der Waals surface area contributed by atoms with Crippen molar-refractivity contribution >= 4 is 11.8 Å². The van der Waals surface area contributed by atoms with Gasteiger partial charge in [-0.15, -0.1) is 11.8 Å². The average molecular weight is 203 g/mol. The SMILES string of the molecule is c1ccc(-c2noc3c2SCC3)cc1. The fourth-order valence-electron chi connectivity index (χ4n) is 1.65. The highest BCUT2D eigenvalue weighted by atomic mass is 32.2. The average Bonchev–Trinajstić information content (AvgIpc) is 2.79. The van der Waals surface area contributed by atoms with Crippen LogP contribution in [0.15, 0.2) is 39.8 Å². The van der Waals surface area contributed by atoms with Crippen LogP contribution >= 0.6 is 11.8 Å². The van der Waals surface area contributed by atoms with Gasteiger partial charge in [0.15, 0.2) is 5.76 Å². The molecule has 0 atom stereocenters. The second-order valence-corrected chi connectivity index (χ2v) is 4.35. The quantitative estimate of drug-likeness (QED) is 0.712. The molecule has 70 valence electrons. The number of hydrogen-bond acceptors (Lipinski definition) is 3. The molecular weight excluding hydrogens is 194 g/mol. The molecule has 1 aliphatic rings. The van der Waals surface area contributed by atoms with Gasteiger partial charge in [0.05, 0.1) is 4.90 Å². The Bertz CT molecular complexity index is 450. The minimum Gasteiger partial charge on any atom is -0.360 e. The Hall–Kier alpha value is -1.22. The lowest BCUT2D eigenvalue weighted by molar-refractivity contribution is 0.388. The van der Waals surface area contributed by atoms with Crippen molar-refractivity contribution in [3.05, 3.63) is 36.1 Å². The van der Waals surface area contributed by atoms with Crippen molar-refractivity contribution in [2.75, 3.05) is 5.75 Å². The smallest absolute Gasteiger partial charge is 0.151 e. The van der Waals surface area contributed by atoms with Crippen LogP contribution in [-0.2, 0) is 6.42 Å². The number of hydrogen-bond donors (Lipinski definition) is 0. The molecule has 2 heterocycles. The van der Waals surface area contributed by atoms with E-state index in [4.69, 9.17) is 4.52 Å². The Labute approximate surface area is 86.3 Å². The first-order chi connectivity index (χ1) is 6.95. The van der Waals surface area contributed by atoms with Gasteiger partial charge in [0.25, 0.3) is 0 Å². The van der Waals surface area contributed by atoms with Gasteiger partial charge in [-0.3, -0.25) is 0 Å². The van der Waals surface area contributed by atoms with Crippen molar-refractivity contribution in [3.63, 3.8) is 0 Å². The number of fused-ring (bicyclic) bond motifs is 1. The van der Waals surface area contributed by atoms with Crippen molar-refractivity contribution < 1.29 is 4.52 Å². The highest BCUT2D eigenvalue weighted by Crippen LogP contribution is 2.38. The van der Waals surface area contributed by atoms with E-state index in [2.05, 4.69) is 17.3 Å². The molecule has 1 aromatic heterocycles. The summed E-state index contributed by atoms with van der Waals surface area (Å²) in [6.45, 7) is 0. The van der Waals surface area contributed by atoms with Gasteiger partial charge in [0.2, 0.25) is 0 Å². The predicted molar refractivity (Wildman–Crippen MR) is 56.4 cm³/mol. The van der Waals surface area contributed by atoms with Gasteiger partial charge >= 0.3 is 0 Å². The van der Waals surface area contributed by atoms with Gasteiger partial charge in [0, 0.05) is 17.7 Å². The highest BCUT2D eigenvalue weighted by molar-refractivity contribution is 7.99. The molecule has 0 radical (unpaired) electrons. The van der Waals surface area contributed by atoms with Crippen molar-refractivity contribution in [2.45, 2.75) is 11.3 Å². The van der Waals surface area contributed by atoms with Gasteiger partial charge in [-0.05, 0) is 0 Å². The van der Waals surface area contributed by atoms with Crippen LogP contribution in [0.4, 0.5) is 0 Å². The molecule has 3 rings (SSSR count). The van der Waals surface area contributed by atoms with Crippen molar-refractivity contribution in [1.82, 2.24) is 5.16 Å². The molecule has 0 N–H and O–H groups in total. The lowest BCUT2D eigenvalue weighted by Gasteiger charge is -1.96. The second-order valence-electron chi connectivity index (χ2n) is 3.25. The first kappa shape index (κ1) is 8.12. The summed E-state index contributed by atoms with van der Waals surface area (Å²) in [5.74, 6) is 2.17. The fourth-order valence-corrected chi connectivity index (χ4v) is 2.73. The van der Waals surface area contributed by atoms with Crippen LogP contribution in [0.5, 0.6) is 0 Å². The van der Waals surface area contributed by atoms with Gasteiger partial charge in [0.1, 0.15) is 5.69 Å². The monoisotopic (exact) mass is 203 g/mol. The van der Waals surface area contributed by atoms with Gasteiger partial charge in [-0.1, -0.05) is 35.5 Å². The summed E-state index contributed by atoms with van der Waals surface area (Å²) < 4.78 is 5.29. The fraction of sp³-hybridized carbons (Fsp3) is 0.182. The Kier molecular flexibility index (Phi) is 1.84. The van der Waals surface area contributed by atoms with Crippen LogP contribution in [0.25, 0.3) is 11.3 Å². The molecule has 1 aliphatic heterocycles. The molecular formula is C11H9NOS. The van der Waals surface area contributed by atoms with Gasteiger partial charge < -0.3 is 4.52 Å². The molecule has 1 aromatic carbocycles. The van der Waals surface area contributed by atoms with E-state index in [0.717, 1.165) is 29.2 Å². The summed E-state index contributed by atoms with van der Waals surface area (Å²) in [7, 11) is 0. The normalized spacial score (nSPS) is 14.3. The molecule has 0 fully saturated rings. The Morgan fingerprint density at radius 1 is 1.21 bits per heavy atom. The molecule has 3 heteroatoms. The Morgan fingerprint density at radius 3 is 2.93 bits per heavy atom. The summed E-state index contributed by atoms with van der Waals surface area (Å²) in [6, 6.07) is 10.2. The number of nitrogens with zero attached hydrogens (tertiary/aromatic N) is 1. The maximum Gasteiger partial charge on any atom is 0.151 e. The van der Waals surface area contributed by atoms with E-state index in [1.54, 1.807) is 0 Å². The van der Waals surface area contributed by atoms with E-state index in [-0.39, 0.29) is 0 Å². The van der Waals surface area contributed by atoms with Crippen molar-refractivity contribution in [1.29, 1.82) is 0 Å². The topological polar surface area (TPSA) is 26.0 Å². The summed E-state index contributed by atoms with van der Waals surface area (Å²) in [4.78, 5) is 1.23. The van der Waals surface area contributed by atoms with Crippen LogP contribution in [0.1, 0.15) is 5.76 Å². The largest absolute Gasteiger partial charge is 0.360 e. The first-order valence-corrected chi connectivity index (χ1v) is 5.60. The van der Waals surface area contributed by atoms with Crippen LogP contribution in [0, 0.1) is 0 Å². The van der Waals surface area contributed by atoms with E-state index in [1.807, 2.05) is 30.0 Å². The molecule has 2 aromatic rings. The lowest BCUT2D eigenvalue weighted by atomic mass is 10.1. The maximum absolute atomic E-state index is 5.29. The van der Waals surface area contributed by atoms with Crippen molar-refractivity contribution in [3.8, 4) is 11.3 Å². The molecule has 0 bridgehead atoms. The van der Waals surface area contributed by atoms with Crippen LogP contribution in [0.2, 0.25) is 0 Å². The summed E-state index contributed by atoms with van der Waals surface area (Å²) in [6.07, 6.45) is 1.01. The van der Waals surface area contributed by atoms with E-state index < -0.39 is 0 Å². The third kappa shape index (κ3) is 1.16. The van der Waals surface area contributed by atoms with Gasteiger partial charge in [-0.25, -0.2) is 0 Å². The Morgan fingerprint density at radius 2 is 2.07 bits per heavy atom. The standard InChI is InChI=1S/C11H9NOS/c1-2-4-8(5-3-1)10-11-9(13-12-10)6-7-14-11/h1-5H,6-7H2. The summed E-state index contributed by atoms with van der Waals surface area (Å²) in [5.41, 5.74) is 2.15. The van der Waals surface area contributed by atoms with E-state index in [9.17, 15) is 0 Å². The van der Waals surface area contributed by atoms with Crippen LogP contribution < -0.4 is 0 Å². The van der Waals surface area contributed by atoms with Crippen molar-refractivity contribution in [2.24, 2.45) is 0 Å². The zero-order valence-electron chi connectivity index (χ0n) is 7.56. The number of aryl methyl sites for hydroxylation is 1. The number of aromatic nitrogens is 1. The van der Waals surface area contributed by atoms with Crippen LogP contribution in [-0.4, -0.2) is 10.9 Å². The third-order valence-electron chi connectivity index (χ3n) is 2.34. The second kappa shape index (κ2) is 3.17. The van der Waals surface area contributed by atoms with Crippen LogP contribution in [0.3, 0.4) is 0 Å².